The predicted molar refractivity (Wildman–Crippen MR) is 145 cm³/mol. The van der Waals surface area contributed by atoms with Crippen LogP contribution < -0.4 is 24.2 Å². The molecule has 1 heterocycles. The van der Waals surface area contributed by atoms with Crippen molar-refractivity contribution in [2.45, 2.75) is 30.3 Å². The van der Waals surface area contributed by atoms with E-state index >= 15 is 0 Å². The largest absolute Gasteiger partial charge is 0.497 e. The fourth-order valence-corrected chi connectivity index (χ4v) is 6.11. The van der Waals surface area contributed by atoms with Crippen molar-refractivity contribution in [3.05, 3.63) is 77.9 Å². The zero-order valence-electron chi connectivity index (χ0n) is 22.0. The Morgan fingerprint density at radius 1 is 0.923 bits per heavy atom. The number of sulfonamides is 1. The molecule has 1 aliphatic heterocycles. The Kier molecular flexibility index (Phi) is 8.29. The minimum absolute atomic E-state index is 0.0367. The van der Waals surface area contributed by atoms with Crippen LogP contribution in [0.2, 0.25) is 0 Å². The van der Waals surface area contributed by atoms with E-state index in [1.165, 1.54) is 44.4 Å². The van der Waals surface area contributed by atoms with Crippen molar-refractivity contribution < 1.29 is 32.2 Å². The average molecular weight is 554 g/mol. The molecule has 1 aliphatic rings. The summed E-state index contributed by atoms with van der Waals surface area (Å²) in [4.78, 5) is 27.1. The third kappa shape index (κ3) is 5.93. The normalized spacial score (nSPS) is 14.7. The number of nitrogens with two attached hydrogens (primary N) is 1. The molecule has 0 aromatic heterocycles. The molecular weight excluding hydrogens is 522 g/mol. The van der Waals surface area contributed by atoms with E-state index < -0.39 is 34.4 Å². The van der Waals surface area contributed by atoms with Gasteiger partial charge in [-0.25, -0.2) is 8.42 Å². The first-order chi connectivity index (χ1) is 18.7. The highest BCUT2D eigenvalue weighted by atomic mass is 32.2. The highest BCUT2D eigenvalue weighted by Crippen LogP contribution is 2.33. The Morgan fingerprint density at radius 3 is 2.21 bits per heavy atom. The van der Waals surface area contributed by atoms with Crippen molar-refractivity contribution >= 4 is 27.5 Å². The summed E-state index contributed by atoms with van der Waals surface area (Å²) in [5.41, 5.74) is 7.73. The molecule has 3 aromatic rings. The summed E-state index contributed by atoms with van der Waals surface area (Å²) < 4.78 is 44.8. The van der Waals surface area contributed by atoms with E-state index in [2.05, 4.69) is 0 Å². The molecule has 0 radical (unpaired) electrons. The number of anilines is 1. The highest BCUT2D eigenvalue weighted by Gasteiger charge is 2.35. The highest BCUT2D eigenvalue weighted by molar-refractivity contribution is 7.92. The van der Waals surface area contributed by atoms with Crippen molar-refractivity contribution in [2.24, 2.45) is 5.73 Å². The average Bonchev–Trinajstić information content (AvgIpc) is 2.94. The molecule has 0 spiro atoms. The van der Waals surface area contributed by atoms with Gasteiger partial charge in [-0.15, -0.1) is 0 Å². The van der Waals surface area contributed by atoms with Gasteiger partial charge in [0.05, 0.1) is 31.9 Å². The lowest BCUT2D eigenvalue weighted by Crippen LogP contribution is -2.50. The van der Waals surface area contributed by atoms with Crippen LogP contribution in [0.5, 0.6) is 17.2 Å². The summed E-state index contributed by atoms with van der Waals surface area (Å²) in [6.45, 7) is -0.264. The first-order valence-corrected chi connectivity index (χ1v) is 13.6. The fourth-order valence-electron chi connectivity index (χ4n) is 4.68. The van der Waals surface area contributed by atoms with E-state index in [1.54, 1.807) is 24.3 Å². The molecule has 0 aliphatic carbocycles. The maximum atomic E-state index is 14.0. The van der Waals surface area contributed by atoms with Crippen LogP contribution in [-0.4, -0.2) is 59.0 Å². The van der Waals surface area contributed by atoms with Crippen molar-refractivity contribution in [3.8, 4) is 17.2 Å². The number of rotatable bonds is 10. The quantitative estimate of drug-likeness (QED) is 0.409. The lowest BCUT2D eigenvalue weighted by Gasteiger charge is -2.38. The molecule has 2 amide bonds. The van der Waals surface area contributed by atoms with Gasteiger partial charge >= 0.3 is 0 Å². The van der Waals surface area contributed by atoms with Gasteiger partial charge in [0.1, 0.15) is 12.3 Å². The van der Waals surface area contributed by atoms with E-state index in [0.29, 0.717) is 17.9 Å². The van der Waals surface area contributed by atoms with Gasteiger partial charge < -0.3 is 24.8 Å². The maximum absolute atomic E-state index is 14.0. The second kappa shape index (κ2) is 11.6. The molecule has 39 heavy (non-hydrogen) atoms. The van der Waals surface area contributed by atoms with Crippen LogP contribution in [0.25, 0.3) is 0 Å². The second-order valence-electron chi connectivity index (χ2n) is 9.05. The number of hydrogen-bond acceptors (Lipinski definition) is 7. The van der Waals surface area contributed by atoms with Gasteiger partial charge in [-0.05, 0) is 53.9 Å². The fraction of sp³-hybridized carbons (Fsp3) is 0.286. The van der Waals surface area contributed by atoms with Crippen LogP contribution >= 0.6 is 0 Å². The number of amides is 2. The number of primary amides is 1. The summed E-state index contributed by atoms with van der Waals surface area (Å²) in [7, 11) is 0.116. The Bertz CT molecular complexity index is 1460. The van der Waals surface area contributed by atoms with Crippen LogP contribution in [0.4, 0.5) is 5.69 Å². The molecule has 0 saturated carbocycles. The van der Waals surface area contributed by atoms with Crippen LogP contribution in [0.1, 0.15) is 17.5 Å². The summed E-state index contributed by atoms with van der Waals surface area (Å²) in [5.74, 6) is 0.124. The molecule has 4 rings (SSSR count). The number of benzene rings is 3. The van der Waals surface area contributed by atoms with Crippen molar-refractivity contribution in [2.75, 3.05) is 32.2 Å². The number of carbonyl (C=O) groups is 2. The molecule has 0 saturated heterocycles. The maximum Gasteiger partial charge on any atom is 0.264 e. The van der Waals surface area contributed by atoms with Gasteiger partial charge in [0.25, 0.3) is 10.0 Å². The van der Waals surface area contributed by atoms with Gasteiger partial charge in [-0.2, -0.15) is 0 Å². The van der Waals surface area contributed by atoms with Crippen molar-refractivity contribution in [3.63, 3.8) is 0 Å². The van der Waals surface area contributed by atoms with Crippen molar-refractivity contribution in [1.29, 1.82) is 0 Å². The summed E-state index contributed by atoms with van der Waals surface area (Å²) in [6, 6.07) is 17.7. The predicted octanol–water partition coefficient (Wildman–Crippen LogP) is 2.74. The molecule has 11 heteroatoms. The minimum Gasteiger partial charge on any atom is -0.497 e. The molecule has 1 atom stereocenters. The monoisotopic (exact) mass is 553 g/mol. The third-order valence-electron chi connectivity index (χ3n) is 6.69. The molecule has 206 valence electrons. The Balaban J connectivity index is 1.73. The molecule has 3 aromatic carbocycles. The van der Waals surface area contributed by atoms with Crippen LogP contribution in [0.15, 0.2) is 71.6 Å². The smallest absolute Gasteiger partial charge is 0.264 e. The number of carbonyl (C=O) groups excluding carboxylic acids is 2. The SMILES string of the molecule is COc1ccc(N(CC(=O)N2Cc3ccccc3CC2CC(N)=O)S(=O)(=O)c2ccc(OC)c(OC)c2)cc1. The number of hydrogen-bond donors (Lipinski definition) is 1. The summed E-state index contributed by atoms with van der Waals surface area (Å²) in [5, 5.41) is 0. The van der Waals surface area contributed by atoms with E-state index in [4.69, 9.17) is 19.9 Å². The van der Waals surface area contributed by atoms with E-state index in [0.717, 1.165) is 15.4 Å². The molecule has 2 N–H and O–H groups in total. The second-order valence-corrected chi connectivity index (χ2v) is 10.9. The Morgan fingerprint density at radius 2 is 1.59 bits per heavy atom. The topological polar surface area (TPSA) is 128 Å². The van der Waals surface area contributed by atoms with E-state index in [-0.39, 0.29) is 29.3 Å². The standard InChI is InChI=1S/C28H31N3O7S/c1-36-23-10-8-21(9-11-23)31(39(34,35)24-12-13-25(37-2)26(16-24)38-3)18-28(33)30-17-20-7-5-4-6-19(20)14-22(30)15-27(29)32/h4-13,16,22H,14-15,17-18H2,1-3H3,(H2,29,32). The summed E-state index contributed by atoms with van der Waals surface area (Å²) in [6.07, 6.45) is 0.404. The molecule has 10 nitrogen and oxygen atoms in total. The molecule has 0 bridgehead atoms. The van der Waals surface area contributed by atoms with Crippen molar-refractivity contribution in [1.82, 2.24) is 4.90 Å². The molecule has 0 fully saturated rings. The first kappa shape index (κ1) is 27.8. The van der Waals surface area contributed by atoms with Gasteiger partial charge in [0.15, 0.2) is 11.5 Å². The third-order valence-corrected chi connectivity index (χ3v) is 8.46. The Hall–Kier alpha value is -4.25. The van der Waals surface area contributed by atoms with Crippen LogP contribution in [0.3, 0.4) is 0 Å². The van der Waals surface area contributed by atoms with Gasteiger partial charge in [-0.1, -0.05) is 24.3 Å². The zero-order chi connectivity index (χ0) is 28.2. The van der Waals surface area contributed by atoms with E-state index in [9.17, 15) is 18.0 Å². The number of ether oxygens (including phenoxy) is 3. The zero-order valence-corrected chi connectivity index (χ0v) is 22.8. The first-order valence-electron chi connectivity index (χ1n) is 12.2. The van der Waals surface area contributed by atoms with E-state index in [1.807, 2.05) is 24.3 Å². The Labute approximate surface area is 227 Å². The van der Waals surface area contributed by atoms with Gasteiger partial charge in [0, 0.05) is 25.1 Å². The number of fused-ring (bicyclic) bond motifs is 1. The lowest BCUT2D eigenvalue weighted by molar-refractivity contribution is -0.134. The number of nitrogens with zero attached hydrogens (tertiary/aromatic N) is 2. The summed E-state index contributed by atoms with van der Waals surface area (Å²) >= 11 is 0. The van der Waals surface area contributed by atoms with Gasteiger partial charge in [0.2, 0.25) is 11.8 Å². The van der Waals surface area contributed by atoms with Gasteiger partial charge in [-0.3, -0.25) is 13.9 Å². The molecule has 1 unspecified atom stereocenters. The minimum atomic E-state index is -4.25. The van der Waals surface area contributed by atoms with Crippen LogP contribution in [-0.2, 0) is 32.6 Å². The lowest BCUT2D eigenvalue weighted by atomic mass is 9.92. The van der Waals surface area contributed by atoms with Crippen LogP contribution in [0, 0.1) is 0 Å². The number of methoxy groups -OCH3 is 3. The molecular formula is C28H31N3O7S.